The predicted molar refractivity (Wildman–Crippen MR) is 107 cm³/mol. The molecule has 5 atom stereocenters. The lowest BCUT2D eigenvalue weighted by molar-refractivity contribution is -0.0851. The second-order valence-corrected chi connectivity index (χ2v) is 7.92. The van der Waals surface area contributed by atoms with Crippen molar-refractivity contribution < 1.29 is 20.1 Å². The van der Waals surface area contributed by atoms with Gasteiger partial charge in [0.2, 0.25) is 0 Å². The summed E-state index contributed by atoms with van der Waals surface area (Å²) in [5.74, 6) is 0. The van der Waals surface area contributed by atoms with Crippen LogP contribution >= 0.6 is 0 Å². The minimum Gasteiger partial charge on any atom is -0.387 e. The van der Waals surface area contributed by atoms with E-state index >= 15 is 0 Å². The van der Waals surface area contributed by atoms with Crippen LogP contribution in [0.1, 0.15) is 34.6 Å². The summed E-state index contributed by atoms with van der Waals surface area (Å²) in [5, 5.41) is 36.8. The zero-order chi connectivity index (χ0) is 20.1. The summed E-state index contributed by atoms with van der Waals surface area (Å²) in [6.45, 7) is 3.57. The molecule has 0 bridgehead atoms. The van der Waals surface area contributed by atoms with Crippen molar-refractivity contribution in [1.29, 1.82) is 0 Å². The molecule has 2 aliphatic rings. The van der Waals surface area contributed by atoms with E-state index < -0.39 is 30.6 Å². The van der Waals surface area contributed by atoms with Crippen LogP contribution in [0.3, 0.4) is 0 Å². The average molecular weight is 395 g/mol. The molecule has 0 amide bonds. The fourth-order valence-corrected chi connectivity index (χ4v) is 4.57. The van der Waals surface area contributed by atoms with Gasteiger partial charge in [-0.15, -0.1) is 0 Å². The number of aliphatic hydroxyl groups is 3. The number of benzene rings is 1. The molecular weight excluding hydrogens is 370 g/mol. The lowest BCUT2D eigenvalue weighted by Crippen LogP contribution is -2.36. The van der Waals surface area contributed by atoms with Crippen LogP contribution in [-0.4, -0.2) is 49.7 Å². The van der Waals surface area contributed by atoms with Crippen LogP contribution in [0.2, 0.25) is 0 Å². The number of nitrogens with zero attached hydrogens (tertiary/aromatic N) is 2. The molecule has 3 aromatic rings. The highest BCUT2D eigenvalue weighted by Gasteiger charge is 2.48. The van der Waals surface area contributed by atoms with Crippen LogP contribution < -0.4 is 5.32 Å². The van der Waals surface area contributed by atoms with E-state index in [1.807, 2.05) is 31.2 Å². The van der Waals surface area contributed by atoms with Crippen LogP contribution in [0.15, 0.2) is 42.7 Å². The Bertz CT molecular complexity index is 1050. The van der Waals surface area contributed by atoms with Crippen molar-refractivity contribution in [3.63, 3.8) is 0 Å². The number of aryl methyl sites for hydroxylation is 1. The van der Waals surface area contributed by atoms with E-state index in [4.69, 9.17) is 4.74 Å². The van der Waals surface area contributed by atoms with Gasteiger partial charge >= 0.3 is 0 Å². The molecule has 2 aromatic heterocycles. The number of fused-ring (bicyclic) bond motifs is 2. The molecule has 152 valence electrons. The molecule has 1 saturated heterocycles. The monoisotopic (exact) mass is 395 g/mol. The van der Waals surface area contributed by atoms with Crippen molar-refractivity contribution in [2.24, 2.45) is 0 Å². The van der Waals surface area contributed by atoms with Gasteiger partial charge < -0.3 is 29.9 Å². The predicted octanol–water partition coefficient (Wildman–Crippen LogP) is 1.34. The summed E-state index contributed by atoms with van der Waals surface area (Å²) in [6, 6.07) is 9.69. The van der Waals surface area contributed by atoms with Gasteiger partial charge in [-0.3, -0.25) is 0 Å². The maximum atomic E-state index is 11.1. The van der Waals surface area contributed by atoms with Crippen molar-refractivity contribution in [2.75, 3.05) is 6.54 Å². The summed E-state index contributed by atoms with van der Waals surface area (Å²) in [6.07, 6.45) is -0.795. The zero-order valence-corrected chi connectivity index (χ0v) is 16.2. The molecule has 0 aliphatic carbocycles. The van der Waals surface area contributed by atoms with Gasteiger partial charge in [-0.25, -0.2) is 4.98 Å². The van der Waals surface area contributed by atoms with Gasteiger partial charge in [-0.1, -0.05) is 18.2 Å². The number of hydrogen-bond acceptors (Lipinski definition) is 6. The third-order valence-electron chi connectivity index (χ3n) is 6.19. The molecule has 2 aliphatic heterocycles. The van der Waals surface area contributed by atoms with Gasteiger partial charge in [0.15, 0.2) is 6.23 Å². The smallest absolute Gasteiger partial charge is 0.164 e. The molecule has 1 fully saturated rings. The van der Waals surface area contributed by atoms with E-state index in [2.05, 4.69) is 16.4 Å². The van der Waals surface area contributed by atoms with E-state index in [1.165, 1.54) is 5.56 Å². The third kappa shape index (κ3) is 2.97. The molecule has 7 heteroatoms. The number of nitrogens with one attached hydrogen (secondary N) is 1. The van der Waals surface area contributed by atoms with Crippen molar-refractivity contribution in [3.8, 4) is 0 Å². The topological polar surface area (TPSA) is 99.8 Å². The molecule has 4 heterocycles. The second kappa shape index (κ2) is 7.19. The van der Waals surface area contributed by atoms with Crippen LogP contribution in [-0.2, 0) is 17.7 Å². The van der Waals surface area contributed by atoms with Crippen molar-refractivity contribution in [1.82, 2.24) is 14.9 Å². The summed E-state index contributed by atoms with van der Waals surface area (Å²) >= 11 is 0. The minimum absolute atomic E-state index is 0.669. The van der Waals surface area contributed by atoms with Crippen molar-refractivity contribution in [3.05, 3.63) is 65.0 Å². The summed E-state index contributed by atoms with van der Waals surface area (Å²) < 4.78 is 7.77. The van der Waals surface area contributed by atoms with E-state index in [0.717, 1.165) is 35.0 Å². The number of ether oxygens (including phenoxy) is 1. The number of pyridine rings is 1. The zero-order valence-electron chi connectivity index (χ0n) is 16.2. The van der Waals surface area contributed by atoms with Crippen molar-refractivity contribution >= 4 is 11.0 Å². The molecule has 5 rings (SSSR count). The number of rotatable bonds is 3. The van der Waals surface area contributed by atoms with Gasteiger partial charge in [0.05, 0.1) is 0 Å². The first-order valence-corrected chi connectivity index (χ1v) is 9.99. The lowest BCUT2D eigenvalue weighted by Gasteiger charge is -2.27. The highest BCUT2D eigenvalue weighted by molar-refractivity contribution is 5.79. The van der Waals surface area contributed by atoms with Gasteiger partial charge in [-0.2, -0.15) is 0 Å². The fraction of sp³-hybridized carbons (Fsp3) is 0.409. The quantitative estimate of drug-likeness (QED) is 0.534. The molecule has 4 N–H and O–H groups in total. The van der Waals surface area contributed by atoms with Gasteiger partial charge in [0, 0.05) is 24.3 Å². The molecule has 0 radical (unpaired) electrons. The maximum Gasteiger partial charge on any atom is 0.164 e. The second-order valence-electron chi connectivity index (χ2n) is 7.92. The minimum atomic E-state index is -1.22. The first-order valence-electron chi connectivity index (χ1n) is 9.99. The molecule has 0 spiro atoms. The highest BCUT2D eigenvalue weighted by Crippen LogP contribution is 2.39. The standard InChI is InChI=1S/C22H25N3O4/c1-12-5-9-24-21-14(12)7-10-25(21)22-19(28)18(27)20(29-22)17(26)15-4-2-3-13-6-8-23-11-16(13)15/h2-5,7,9-10,17-20,22-23,26-28H,6,8,11H2,1H3. The Morgan fingerprint density at radius 2 is 2.07 bits per heavy atom. The number of aliphatic hydroxyl groups excluding tert-OH is 3. The Balaban J connectivity index is 1.48. The number of aromatic nitrogens is 2. The van der Waals surface area contributed by atoms with Gasteiger partial charge in [-0.05, 0) is 54.3 Å². The van der Waals surface area contributed by atoms with Gasteiger partial charge in [0.25, 0.3) is 0 Å². The van der Waals surface area contributed by atoms with Crippen LogP contribution in [0.25, 0.3) is 11.0 Å². The Labute approximate surface area is 168 Å². The van der Waals surface area contributed by atoms with Gasteiger partial charge in [0.1, 0.15) is 30.1 Å². The van der Waals surface area contributed by atoms with E-state index in [-0.39, 0.29) is 0 Å². The van der Waals surface area contributed by atoms with E-state index in [0.29, 0.717) is 12.2 Å². The Morgan fingerprint density at radius 3 is 2.93 bits per heavy atom. The molecule has 7 nitrogen and oxygen atoms in total. The Hall–Kier alpha value is -2.29. The summed E-state index contributed by atoms with van der Waals surface area (Å²) in [5.41, 5.74) is 4.72. The molecule has 0 saturated carbocycles. The lowest BCUT2D eigenvalue weighted by atomic mass is 9.90. The first kappa shape index (κ1) is 18.7. The molecular formula is C22H25N3O4. The van der Waals surface area contributed by atoms with Crippen LogP contribution in [0, 0.1) is 6.92 Å². The maximum absolute atomic E-state index is 11.1. The fourth-order valence-electron chi connectivity index (χ4n) is 4.57. The molecule has 5 unspecified atom stereocenters. The average Bonchev–Trinajstić information content (AvgIpc) is 3.29. The van der Waals surface area contributed by atoms with E-state index in [9.17, 15) is 15.3 Å². The largest absolute Gasteiger partial charge is 0.387 e. The van der Waals surface area contributed by atoms with Crippen LogP contribution in [0.5, 0.6) is 0 Å². The summed E-state index contributed by atoms with van der Waals surface area (Å²) in [4.78, 5) is 4.41. The van der Waals surface area contributed by atoms with Crippen LogP contribution in [0.4, 0.5) is 0 Å². The molecule has 29 heavy (non-hydrogen) atoms. The van der Waals surface area contributed by atoms with Crippen molar-refractivity contribution in [2.45, 2.75) is 50.5 Å². The summed E-state index contributed by atoms with van der Waals surface area (Å²) in [7, 11) is 0. The third-order valence-corrected chi connectivity index (χ3v) is 6.19. The highest BCUT2D eigenvalue weighted by atomic mass is 16.6. The number of hydrogen-bond donors (Lipinski definition) is 4. The first-order chi connectivity index (χ1) is 14.1. The van der Waals surface area contributed by atoms with E-state index in [1.54, 1.807) is 17.0 Å². The Kier molecular flexibility index (Phi) is 4.64. The molecule has 1 aromatic carbocycles. The normalized spacial score (nSPS) is 27.9. The Morgan fingerprint density at radius 1 is 1.21 bits per heavy atom. The SMILES string of the molecule is Cc1ccnc2c1ccn2C1OC(C(O)c2cccc3c2CNCC3)C(O)C1O.